The lowest BCUT2D eigenvalue weighted by Crippen LogP contribution is -2.43. The van der Waals surface area contributed by atoms with Gasteiger partial charge in [-0.15, -0.1) is 0 Å². The van der Waals surface area contributed by atoms with Gasteiger partial charge < -0.3 is 29.0 Å². The first kappa shape index (κ1) is 22.3. The third kappa shape index (κ3) is 12.3. The molecule has 1 saturated heterocycles. The van der Waals surface area contributed by atoms with Gasteiger partial charge in [0.1, 0.15) is 0 Å². The van der Waals surface area contributed by atoms with Gasteiger partial charge in [-0.05, 0) is 19.3 Å². The molecule has 1 amide bonds. The summed E-state index contributed by atoms with van der Waals surface area (Å²) in [6.45, 7) is 9.36. The van der Waals surface area contributed by atoms with Crippen LogP contribution in [0.15, 0.2) is 0 Å². The van der Waals surface area contributed by atoms with Gasteiger partial charge >= 0.3 is 0 Å². The zero-order valence-corrected chi connectivity index (χ0v) is 15.8. The van der Waals surface area contributed by atoms with Gasteiger partial charge in [0.05, 0.1) is 65.0 Å². The van der Waals surface area contributed by atoms with Crippen LogP contribution in [0, 0.1) is 0 Å². The third-order valence-electron chi connectivity index (χ3n) is 3.82. The molecule has 1 aliphatic rings. The van der Waals surface area contributed by atoms with E-state index in [-0.39, 0.29) is 18.1 Å². The predicted octanol–water partition coefficient (Wildman–Crippen LogP) is 1.54. The molecule has 1 unspecified atom stereocenters. The van der Waals surface area contributed by atoms with Crippen molar-refractivity contribution < 1.29 is 28.5 Å². The van der Waals surface area contributed by atoms with E-state index in [4.69, 9.17) is 23.7 Å². The lowest BCUT2D eigenvalue weighted by molar-refractivity contribution is -0.123. The van der Waals surface area contributed by atoms with Crippen LogP contribution < -0.4 is 5.32 Å². The average Bonchev–Trinajstić information content (AvgIpc) is 2.64. The Morgan fingerprint density at radius 2 is 1.52 bits per heavy atom. The van der Waals surface area contributed by atoms with Crippen LogP contribution in [0.25, 0.3) is 0 Å². The normalized spacial score (nSPS) is 20.6. The van der Waals surface area contributed by atoms with Gasteiger partial charge in [0.15, 0.2) is 0 Å². The molecule has 25 heavy (non-hydrogen) atoms. The van der Waals surface area contributed by atoms with Crippen LogP contribution in [-0.4, -0.2) is 77.5 Å². The van der Waals surface area contributed by atoms with Gasteiger partial charge in [-0.3, -0.25) is 4.79 Å². The molecular formula is C18H35NO6. The Hall–Kier alpha value is -0.730. The van der Waals surface area contributed by atoms with Crippen molar-refractivity contribution in [1.29, 1.82) is 0 Å². The lowest BCUT2D eigenvalue weighted by Gasteiger charge is -2.29. The highest BCUT2D eigenvalue weighted by Gasteiger charge is 2.22. The molecule has 0 bridgehead atoms. The van der Waals surface area contributed by atoms with E-state index in [0.29, 0.717) is 59.3 Å². The number of nitrogens with one attached hydrogen (secondary N) is 1. The van der Waals surface area contributed by atoms with Crippen LogP contribution in [0.5, 0.6) is 0 Å². The lowest BCUT2D eigenvalue weighted by atomic mass is 10.1. The molecule has 7 nitrogen and oxygen atoms in total. The van der Waals surface area contributed by atoms with Gasteiger partial charge in [-0.25, -0.2) is 0 Å². The number of carbonyl (C=O) groups excluding carboxylic acids is 1. The van der Waals surface area contributed by atoms with Crippen LogP contribution in [0.1, 0.15) is 39.5 Å². The van der Waals surface area contributed by atoms with Gasteiger partial charge in [-0.1, -0.05) is 13.8 Å². The zero-order valence-electron chi connectivity index (χ0n) is 15.8. The summed E-state index contributed by atoms with van der Waals surface area (Å²) < 4.78 is 27.5. The average molecular weight is 361 g/mol. The van der Waals surface area contributed by atoms with Crippen LogP contribution in [0.4, 0.5) is 0 Å². The molecule has 1 aliphatic heterocycles. The molecule has 0 aromatic carbocycles. The van der Waals surface area contributed by atoms with E-state index < -0.39 is 0 Å². The maximum Gasteiger partial charge on any atom is 0.220 e. The fourth-order valence-corrected chi connectivity index (χ4v) is 2.40. The summed E-state index contributed by atoms with van der Waals surface area (Å²) in [5.41, 5.74) is 0. The number of ether oxygens (including phenoxy) is 5. The monoisotopic (exact) mass is 361 g/mol. The molecule has 0 aromatic rings. The molecule has 148 valence electrons. The minimum Gasteiger partial charge on any atom is -0.379 e. The molecule has 1 fully saturated rings. The SMILES string of the molecule is CCCOCCOCCOCCOC[C@@H]1CCC(NC(=O)CC)CO1. The molecule has 2 atom stereocenters. The van der Waals surface area contributed by atoms with E-state index in [1.807, 2.05) is 6.92 Å². The van der Waals surface area contributed by atoms with Gasteiger partial charge in [0, 0.05) is 13.0 Å². The predicted molar refractivity (Wildman–Crippen MR) is 94.8 cm³/mol. The highest BCUT2D eigenvalue weighted by Crippen LogP contribution is 2.14. The van der Waals surface area contributed by atoms with Crippen molar-refractivity contribution in [1.82, 2.24) is 5.32 Å². The van der Waals surface area contributed by atoms with E-state index >= 15 is 0 Å². The summed E-state index contributed by atoms with van der Waals surface area (Å²) in [6.07, 6.45) is 3.51. The van der Waals surface area contributed by atoms with E-state index in [1.165, 1.54) is 0 Å². The number of hydrogen-bond acceptors (Lipinski definition) is 6. The van der Waals surface area contributed by atoms with E-state index in [2.05, 4.69) is 12.2 Å². The maximum atomic E-state index is 11.3. The smallest absolute Gasteiger partial charge is 0.220 e. The minimum atomic E-state index is 0.0814. The summed E-state index contributed by atoms with van der Waals surface area (Å²) >= 11 is 0. The van der Waals surface area contributed by atoms with Gasteiger partial charge in [0.25, 0.3) is 0 Å². The van der Waals surface area contributed by atoms with Gasteiger partial charge in [-0.2, -0.15) is 0 Å². The quantitative estimate of drug-likeness (QED) is 0.446. The second-order valence-corrected chi connectivity index (χ2v) is 6.06. The fourth-order valence-electron chi connectivity index (χ4n) is 2.40. The molecule has 0 spiro atoms. The van der Waals surface area contributed by atoms with Crippen LogP contribution in [-0.2, 0) is 28.5 Å². The van der Waals surface area contributed by atoms with Crippen LogP contribution in [0.2, 0.25) is 0 Å². The van der Waals surface area contributed by atoms with Crippen molar-refractivity contribution in [3.8, 4) is 0 Å². The first-order chi connectivity index (χ1) is 12.3. The van der Waals surface area contributed by atoms with Crippen molar-refractivity contribution in [3.05, 3.63) is 0 Å². The van der Waals surface area contributed by atoms with Crippen molar-refractivity contribution in [2.24, 2.45) is 0 Å². The third-order valence-corrected chi connectivity index (χ3v) is 3.82. The van der Waals surface area contributed by atoms with E-state index in [0.717, 1.165) is 25.9 Å². The second kappa shape index (κ2) is 15.5. The summed E-state index contributed by atoms with van der Waals surface area (Å²) in [6, 6.07) is 0.138. The molecule has 0 radical (unpaired) electrons. The number of hydrogen-bond donors (Lipinski definition) is 1. The summed E-state index contributed by atoms with van der Waals surface area (Å²) in [5, 5.41) is 2.96. The highest BCUT2D eigenvalue weighted by molar-refractivity contribution is 5.75. The standard InChI is InChI=1S/C18H35NO6/c1-3-7-21-8-9-22-10-11-23-12-13-24-15-17-6-5-16(14-25-17)19-18(20)4-2/h16-17H,3-15H2,1-2H3,(H,19,20)/t16?,17-/m0/s1. The number of rotatable bonds is 15. The first-order valence-electron chi connectivity index (χ1n) is 9.48. The van der Waals surface area contributed by atoms with Crippen LogP contribution >= 0.6 is 0 Å². The molecule has 0 aliphatic carbocycles. The Kier molecular flexibility index (Phi) is 13.8. The summed E-state index contributed by atoms with van der Waals surface area (Å²) in [5.74, 6) is 0.0814. The Bertz CT molecular complexity index is 321. The second-order valence-electron chi connectivity index (χ2n) is 6.06. The van der Waals surface area contributed by atoms with Crippen molar-refractivity contribution >= 4 is 5.91 Å². The van der Waals surface area contributed by atoms with Crippen molar-refractivity contribution in [2.45, 2.75) is 51.7 Å². The number of carbonyl (C=O) groups is 1. The Balaban J connectivity index is 1.82. The van der Waals surface area contributed by atoms with Crippen molar-refractivity contribution in [2.75, 3.05) is 59.5 Å². The summed E-state index contributed by atoms with van der Waals surface area (Å²) in [7, 11) is 0. The highest BCUT2D eigenvalue weighted by atomic mass is 16.6. The minimum absolute atomic E-state index is 0.0814. The Labute approximate surface area is 151 Å². The van der Waals surface area contributed by atoms with Crippen LogP contribution in [0.3, 0.4) is 0 Å². The van der Waals surface area contributed by atoms with E-state index in [1.54, 1.807) is 0 Å². The molecule has 1 rings (SSSR count). The Morgan fingerprint density at radius 3 is 2.04 bits per heavy atom. The molecule has 7 heteroatoms. The zero-order chi connectivity index (χ0) is 18.2. The largest absolute Gasteiger partial charge is 0.379 e. The number of amides is 1. The fraction of sp³-hybridized carbons (Fsp3) is 0.944. The maximum absolute atomic E-state index is 11.3. The molecule has 1 heterocycles. The topological polar surface area (TPSA) is 75.3 Å². The first-order valence-corrected chi connectivity index (χ1v) is 9.48. The Morgan fingerprint density at radius 1 is 0.920 bits per heavy atom. The molecule has 0 saturated carbocycles. The molecule has 1 N–H and O–H groups in total. The van der Waals surface area contributed by atoms with Crippen molar-refractivity contribution in [3.63, 3.8) is 0 Å². The van der Waals surface area contributed by atoms with E-state index in [9.17, 15) is 4.79 Å². The molecule has 0 aromatic heterocycles. The summed E-state index contributed by atoms with van der Waals surface area (Å²) in [4.78, 5) is 11.3. The van der Waals surface area contributed by atoms with Gasteiger partial charge in [0.2, 0.25) is 5.91 Å². The molecular weight excluding hydrogens is 326 g/mol.